The Kier molecular flexibility index (Phi) is 5.26. The molecule has 3 aromatic rings. The zero-order chi connectivity index (χ0) is 19.5. The molecule has 0 radical (unpaired) electrons. The van der Waals surface area contributed by atoms with E-state index in [0.29, 0.717) is 24.6 Å². The number of aryl methyl sites for hydroxylation is 1. The maximum Gasteiger partial charge on any atom is 0.289 e. The van der Waals surface area contributed by atoms with E-state index in [2.05, 4.69) is 36.1 Å². The summed E-state index contributed by atoms with van der Waals surface area (Å²) in [5.74, 6) is 0.507. The Morgan fingerprint density at radius 2 is 1.68 bits per heavy atom. The second kappa shape index (κ2) is 7.98. The molecule has 4 rings (SSSR count). The van der Waals surface area contributed by atoms with Gasteiger partial charge in [0.1, 0.15) is 11.6 Å². The Hall–Kier alpha value is -2.92. The molecule has 0 aliphatic carbocycles. The molecule has 1 fully saturated rings. The van der Waals surface area contributed by atoms with Crippen LogP contribution < -0.4 is 0 Å². The zero-order valence-corrected chi connectivity index (χ0v) is 15.9. The lowest BCUT2D eigenvalue weighted by Crippen LogP contribution is -2.48. The Morgan fingerprint density at radius 1 is 0.964 bits per heavy atom. The van der Waals surface area contributed by atoms with Gasteiger partial charge in [-0.25, -0.2) is 4.39 Å². The molecule has 1 saturated heterocycles. The first-order valence-electron chi connectivity index (χ1n) is 9.52. The molecule has 2 heterocycles. The van der Waals surface area contributed by atoms with Gasteiger partial charge in [-0.3, -0.25) is 9.69 Å². The van der Waals surface area contributed by atoms with Crippen LogP contribution in [-0.2, 0) is 6.54 Å². The van der Waals surface area contributed by atoms with Crippen LogP contribution in [0.3, 0.4) is 0 Å². The van der Waals surface area contributed by atoms with Crippen molar-refractivity contribution in [3.05, 3.63) is 83.4 Å². The van der Waals surface area contributed by atoms with Gasteiger partial charge in [-0.15, -0.1) is 0 Å². The summed E-state index contributed by atoms with van der Waals surface area (Å²) in [4.78, 5) is 17.0. The molecule has 0 spiro atoms. The molecule has 0 unspecified atom stereocenters. The summed E-state index contributed by atoms with van der Waals surface area (Å²) in [7, 11) is 0. The lowest BCUT2D eigenvalue weighted by molar-refractivity contribution is 0.0598. The maximum atomic E-state index is 13.1. The van der Waals surface area contributed by atoms with E-state index < -0.39 is 0 Å². The number of hydrogen-bond acceptors (Lipinski definition) is 3. The molecular weight excluding hydrogens is 355 g/mol. The number of piperazine rings is 1. The van der Waals surface area contributed by atoms with Gasteiger partial charge in [-0.2, -0.15) is 0 Å². The van der Waals surface area contributed by atoms with E-state index >= 15 is 0 Å². The van der Waals surface area contributed by atoms with E-state index in [1.807, 2.05) is 4.90 Å². The van der Waals surface area contributed by atoms with Gasteiger partial charge in [-0.05, 0) is 54.4 Å². The highest BCUT2D eigenvalue weighted by Gasteiger charge is 2.24. The summed E-state index contributed by atoms with van der Waals surface area (Å²) in [6.07, 6.45) is 0. The third-order valence-electron chi connectivity index (χ3n) is 5.26. The molecule has 1 aliphatic rings. The average Bonchev–Trinajstić information content (AvgIpc) is 3.20. The first-order chi connectivity index (χ1) is 13.6. The number of furan rings is 1. The Labute approximate surface area is 164 Å². The normalized spacial score (nSPS) is 15.0. The summed E-state index contributed by atoms with van der Waals surface area (Å²) in [6, 6.07) is 17.9. The van der Waals surface area contributed by atoms with E-state index in [1.54, 1.807) is 24.3 Å². The molecule has 4 nitrogen and oxygen atoms in total. The molecule has 144 valence electrons. The van der Waals surface area contributed by atoms with Crippen LogP contribution >= 0.6 is 0 Å². The smallest absolute Gasteiger partial charge is 0.289 e. The van der Waals surface area contributed by atoms with Crippen molar-refractivity contribution in [2.24, 2.45) is 0 Å². The van der Waals surface area contributed by atoms with E-state index in [-0.39, 0.29) is 11.7 Å². The van der Waals surface area contributed by atoms with Crippen molar-refractivity contribution in [2.45, 2.75) is 13.5 Å². The van der Waals surface area contributed by atoms with Gasteiger partial charge in [0.2, 0.25) is 0 Å². The van der Waals surface area contributed by atoms with Gasteiger partial charge in [-0.1, -0.05) is 24.3 Å². The van der Waals surface area contributed by atoms with E-state index in [9.17, 15) is 9.18 Å². The summed E-state index contributed by atoms with van der Waals surface area (Å²) in [6.45, 7) is 6.07. The fourth-order valence-corrected chi connectivity index (χ4v) is 3.52. The number of carbonyl (C=O) groups excluding carboxylic acids is 1. The molecule has 1 aromatic heterocycles. The van der Waals surface area contributed by atoms with Crippen molar-refractivity contribution >= 4 is 5.91 Å². The highest BCUT2D eigenvalue weighted by Crippen LogP contribution is 2.23. The number of amides is 1. The van der Waals surface area contributed by atoms with Crippen LogP contribution in [0.2, 0.25) is 0 Å². The van der Waals surface area contributed by atoms with Gasteiger partial charge >= 0.3 is 0 Å². The van der Waals surface area contributed by atoms with Crippen LogP contribution in [-0.4, -0.2) is 41.9 Å². The summed E-state index contributed by atoms with van der Waals surface area (Å²) in [5, 5.41) is 0. The average molecular weight is 378 g/mol. The number of nitrogens with zero attached hydrogens (tertiary/aromatic N) is 2. The summed E-state index contributed by atoms with van der Waals surface area (Å²) in [5.41, 5.74) is 3.38. The number of carbonyl (C=O) groups is 1. The summed E-state index contributed by atoms with van der Waals surface area (Å²) >= 11 is 0. The number of hydrogen-bond donors (Lipinski definition) is 0. The molecule has 2 aromatic carbocycles. The van der Waals surface area contributed by atoms with Crippen molar-refractivity contribution in [1.29, 1.82) is 0 Å². The molecule has 1 aliphatic heterocycles. The molecule has 0 saturated carbocycles. The minimum absolute atomic E-state index is 0.0936. The Balaban J connectivity index is 1.36. The Bertz CT molecular complexity index is 957. The third kappa shape index (κ3) is 3.99. The lowest BCUT2D eigenvalue weighted by Gasteiger charge is -2.34. The van der Waals surface area contributed by atoms with Crippen LogP contribution in [0.25, 0.3) is 11.3 Å². The predicted molar refractivity (Wildman–Crippen MR) is 106 cm³/mol. The summed E-state index contributed by atoms with van der Waals surface area (Å²) < 4.78 is 18.8. The van der Waals surface area contributed by atoms with Crippen molar-refractivity contribution in [2.75, 3.05) is 26.2 Å². The first-order valence-corrected chi connectivity index (χ1v) is 9.52. The van der Waals surface area contributed by atoms with Gasteiger partial charge in [0.05, 0.1) is 0 Å². The predicted octanol–water partition coefficient (Wildman–Crippen LogP) is 4.35. The topological polar surface area (TPSA) is 36.7 Å². The van der Waals surface area contributed by atoms with E-state index in [4.69, 9.17) is 4.42 Å². The van der Waals surface area contributed by atoms with Crippen molar-refractivity contribution < 1.29 is 13.6 Å². The molecule has 5 heteroatoms. The largest absolute Gasteiger partial charge is 0.451 e. The monoisotopic (exact) mass is 378 g/mol. The fraction of sp³-hybridized carbons (Fsp3) is 0.261. The highest BCUT2D eigenvalue weighted by atomic mass is 19.1. The van der Waals surface area contributed by atoms with Gasteiger partial charge in [0, 0.05) is 38.3 Å². The zero-order valence-electron chi connectivity index (χ0n) is 15.9. The van der Waals surface area contributed by atoms with Gasteiger partial charge < -0.3 is 9.32 Å². The minimum atomic E-state index is -0.296. The molecule has 0 bridgehead atoms. The van der Waals surface area contributed by atoms with Crippen LogP contribution in [0, 0.1) is 12.7 Å². The van der Waals surface area contributed by atoms with Gasteiger partial charge in [0.15, 0.2) is 5.76 Å². The van der Waals surface area contributed by atoms with Crippen molar-refractivity contribution in [3.8, 4) is 11.3 Å². The maximum absolute atomic E-state index is 13.1. The molecule has 0 N–H and O–H groups in total. The first kappa shape index (κ1) is 18.4. The second-order valence-corrected chi connectivity index (χ2v) is 7.17. The van der Waals surface area contributed by atoms with Gasteiger partial charge in [0.25, 0.3) is 5.91 Å². The van der Waals surface area contributed by atoms with Crippen LogP contribution in [0.5, 0.6) is 0 Å². The Morgan fingerprint density at radius 3 is 2.39 bits per heavy atom. The number of benzene rings is 2. The standard InChI is InChI=1S/C23H23FN2O2/c1-17-4-2-3-5-19(17)16-25-12-14-26(15-13-25)23(27)22-11-10-21(28-22)18-6-8-20(24)9-7-18/h2-11H,12-16H2,1H3. The molecule has 0 atom stereocenters. The highest BCUT2D eigenvalue weighted by molar-refractivity contribution is 5.92. The number of rotatable bonds is 4. The van der Waals surface area contributed by atoms with Crippen molar-refractivity contribution in [1.82, 2.24) is 9.80 Å². The fourth-order valence-electron chi connectivity index (χ4n) is 3.52. The van der Waals surface area contributed by atoms with E-state index in [0.717, 1.165) is 25.2 Å². The SMILES string of the molecule is Cc1ccccc1CN1CCN(C(=O)c2ccc(-c3ccc(F)cc3)o2)CC1. The molecule has 1 amide bonds. The quantitative estimate of drug-likeness (QED) is 0.677. The molecule has 28 heavy (non-hydrogen) atoms. The van der Waals surface area contributed by atoms with Crippen LogP contribution in [0.4, 0.5) is 4.39 Å². The van der Waals surface area contributed by atoms with Crippen LogP contribution in [0.1, 0.15) is 21.7 Å². The van der Waals surface area contributed by atoms with E-state index in [1.165, 1.54) is 23.3 Å². The third-order valence-corrected chi connectivity index (χ3v) is 5.26. The van der Waals surface area contributed by atoms with Crippen LogP contribution in [0.15, 0.2) is 65.1 Å². The minimum Gasteiger partial charge on any atom is -0.451 e. The van der Waals surface area contributed by atoms with Crippen molar-refractivity contribution in [3.63, 3.8) is 0 Å². The molecular formula is C23H23FN2O2. The number of halogens is 1. The second-order valence-electron chi connectivity index (χ2n) is 7.17. The lowest BCUT2D eigenvalue weighted by atomic mass is 10.1.